The molecule has 0 heteroatoms. The van der Waals surface area contributed by atoms with Gasteiger partial charge in [0.25, 0.3) is 0 Å². The second kappa shape index (κ2) is 4.97. The maximum absolute atomic E-state index is 2.30. The van der Waals surface area contributed by atoms with E-state index < -0.39 is 0 Å². The van der Waals surface area contributed by atoms with Gasteiger partial charge in [-0.2, -0.15) is 0 Å². The van der Waals surface area contributed by atoms with E-state index in [1.54, 1.807) is 0 Å². The number of rotatable bonds is 0. The fourth-order valence-corrected chi connectivity index (χ4v) is 2.43. The van der Waals surface area contributed by atoms with Gasteiger partial charge in [0.15, 0.2) is 0 Å². The molecule has 0 bridgehead atoms. The molecule has 0 heterocycles. The minimum atomic E-state index is 0.180. The lowest BCUT2D eigenvalue weighted by Crippen LogP contribution is -2.01. The second-order valence-electron chi connectivity index (χ2n) is 5.26. The Hall–Kier alpha value is -1.56. The summed E-state index contributed by atoms with van der Waals surface area (Å²) < 4.78 is 0. The highest BCUT2D eigenvalue weighted by Crippen LogP contribution is 2.38. The first-order valence-corrected chi connectivity index (χ1v) is 6.86. The van der Waals surface area contributed by atoms with Gasteiger partial charge in [-0.05, 0) is 28.7 Å². The van der Waals surface area contributed by atoms with E-state index in [-0.39, 0.29) is 5.41 Å². The summed E-state index contributed by atoms with van der Waals surface area (Å²) in [5, 5.41) is 0. The van der Waals surface area contributed by atoms with E-state index >= 15 is 0 Å². The van der Waals surface area contributed by atoms with Crippen molar-refractivity contribution in [3.63, 3.8) is 0 Å². The molecule has 0 saturated heterocycles. The summed E-state index contributed by atoms with van der Waals surface area (Å²) in [5.74, 6) is 0. The van der Waals surface area contributed by atoms with Crippen LogP contribution in [0.3, 0.4) is 0 Å². The molecule has 94 valence electrons. The molecule has 18 heavy (non-hydrogen) atoms. The van der Waals surface area contributed by atoms with Crippen LogP contribution in [0.15, 0.2) is 54.1 Å². The molecule has 1 aromatic carbocycles. The van der Waals surface area contributed by atoms with Crippen molar-refractivity contribution in [3.05, 3.63) is 65.3 Å². The Morgan fingerprint density at radius 2 is 1.61 bits per heavy atom. The summed E-state index contributed by atoms with van der Waals surface area (Å²) in [7, 11) is 0. The third kappa shape index (κ3) is 2.33. The van der Waals surface area contributed by atoms with E-state index in [0.29, 0.717) is 0 Å². The zero-order valence-electron chi connectivity index (χ0n) is 11.8. The summed E-state index contributed by atoms with van der Waals surface area (Å²) in [6.45, 7) is 8.49. The molecule has 1 aromatic rings. The van der Waals surface area contributed by atoms with E-state index in [1.165, 1.54) is 22.3 Å². The highest BCUT2D eigenvalue weighted by atomic mass is 14.3. The topological polar surface area (TPSA) is 0 Å². The van der Waals surface area contributed by atoms with Crippen molar-refractivity contribution in [1.29, 1.82) is 0 Å². The largest absolute Gasteiger partial charge is 0.0748 e. The fourth-order valence-electron chi connectivity index (χ4n) is 2.43. The second-order valence-corrected chi connectivity index (χ2v) is 5.26. The minimum absolute atomic E-state index is 0.180. The summed E-state index contributed by atoms with van der Waals surface area (Å²) in [5.41, 5.74) is 5.93. The molecule has 0 aromatic heterocycles. The molecule has 0 unspecified atom stereocenters. The number of benzene rings is 1. The molecule has 0 fully saturated rings. The monoisotopic (exact) mass is 238 g/mol. The fraction of sp³-hybridized carbons (Fsp3) is 0.333. The quantitative estimate of drug-likeness (QED) is 0.584. The SMILES string of the molecule is CC.CC1(C)C=CC2=C(C=C1)c1ccccc1C2. The van der Waals surface area contributed by atoms with Gasteiger partial charge in [0.2, 0.25) is 0 Å². The molecule has 0 nitrogen and oxygen atoms in total. The van der Waals surface area contributed by atoms with E-state index in [4.69, 9.17) is 0 Å². The third-order valence-corrected chi connectivity index (χ3v) is 3.43. The molecule has 3 rings (SSSR count). The Labute approximate surface area is 111 Å². The van der Waals surface area contributed by atoms with Crippen LogP contribution in [-0.4, -0.2) is 0 Å². The van der Waals surface area contributed by atoms with Crippen LogP contribution in [-0.2, 0) is 6.42 Å². The summed E-state index contributed by atoms with van der Waals surface area (Å²) >= 11 is 0. The molecule has 0 N–H and O–H groups in total. The Morgan fingerprint density at radius 1 is 0.944 bits per heavy atom. The van der Waals surface area contributed by atoms with Gasteiger partial charge >= 0.3 is 0 Å². The Bertz CT molecular complexity index is 525. The van der Waals surface area contributed by atoms with E-state index in [0.717, 1.165) is 6.42 Å². The standard InChI is InChI=1S/C16H16.C2H6/c1-16(2)9-7-13-11-12-5-3-4-6-14(12)15(13)8-10-16;1-2/h3-10H,11H2,1-2H3;1-2H3. The summed E-state index contributed by atoms with van der Waals surface area (Å²) in [6.07, 6.45) is 10.3. The van der Waals surface area contributed by atoms with Crippen LogP contribution in [0.5, 0.6) is 0 Å². The van der Waals surface area contributed by atoms with Gasteiger partial charge in [0.1, 0.15) is 0 Å². The van der Waals surface area contributed by atoms with Crippen molar-refractivity contribution in [2.45, 2.75) is 34.1 Å². The van der Waals surface area contributed by atoms with Gasteiger partial charge in [-0.25, -0.2) is 0 Å². The van der Waals surface area contributed by atoms with Gasteiger partial charge in [0, 0.05) is 5.41 Å². The summed E-state index contributed by atoms with van der Waals surface area (Å²) in [6, 6.07) is 8.72. The van der Waals surface area contributed by atoms with Crippen LogP contribution >= 0.6 is 0 Å². The zero-order chi connectivity index (χ0) is 13.2. The van der Waals surface area contributed by atoms with Crippen molar-refractivity contribution >= 4 is 5.57 Å². The van der Waals surface area contributed by atoms with E-state index in [1.807, 2.05) is 13.8 Å². The van der Waals surface area contributed by atoms with Gasteiger partial charge in [-0.15, -0.1) is 0 Å². The van der Waals surface area contributed by atoms with E-state index in [2.05, 4.69) is 62.4 Å². The first-order valence-electron chi connectivity index (χ1n) is 6.86. The molecule has 0 aliphatic heterocycles. The molecule has 0 spiro atoms. The molecule has 2 aliphatic rings. The molecule has 2 aliphatic carbocycles. The maximum Gasteiger partial charge on any atom is 0.00110 e. The molecule has 0 atom stereocenters. The normalized spacial score (nSPS) is 18.7. The minimum Gasteiger partial charge on any atom is -0.0748 e. The molecule has 0 saturated carbocycles. The van der Waals surface area contributed by atoms with Crippen LogP contribution < -0.4 is 0 Å². The zero-order valence-corrected chi connectivity index (χ0v) is 11.8. The van der Waals surface area contributed by atoms with Gasteiger partial charge in [-0.3, -0.25) is 0 Å². The van der Waals surface area contributed by atoms with Gasteiger partial charge in [-0.1, -0.05) is 76.3 Å². The number of hydrogen-bond acceptors (Lipinski definition) is 0. The Morgan fingerprint density at radius 3 is 2.39 bits per heavy atom. The van der Waals surface area contributed by atoms with E-state index in [9.17, 15) is 0 Å². The number of fused-ring (bicyclic) bond motifs is 2. The smallest absolute Gasteiger partial charge is 0.00110 e. The lowest BCUT2D eigenvalue weighted by atomic mass is 9.92. The number of hydrogen-bond donors (Lipinski definition) is 0. The molecule has 0 amide bonds. The van der Waals surface area contributed by atoms with Crippen molar-refractivity contribution in [3.8, 4) is 0 Å². The van der Waals surface area contributed by atoms with Crippen LogP contribution in [0.25, 0.3) is 5.57 Å². The maximum atomic E-state index is 2.30. The van der Waals surface area contributed by atoms with Crippen molar-refractivity contribution in [2.24, 2.45) is 5.41 Å². The highest BCUT2D eigenvalue weighted by molar-refractivity contribution is 5.85. The molecular weight excluding hydrogens is 216 g/mol. The number of allylic oxidation sites excluding steroid dienone is 6. The van der Waals surface area contributed by atoms with Crippen molar-refractivity contribution in [2.75, 3.05) is 0 Å². The third-order valence-electron chi connectivity index (χ3n) is 3.43. The lowest BCUT2D eigenvalue weighted by molar-refractivity contribution is 0.627. The predicted molar refractivity (Wildman–Crippen MR) is 80.5 cm³/mol. The summed E-state index contributed by atoms with van der Waals surface area (Å²) in [4.78, 5) is 0. The van der Waals surface area contributed by atoms with Crippen molar-refractivity contribution in [1.82, 2.24) is 0 Å². The van der Waals surface area contributed by atoms with Crippen LogP contribution in [0.1, 0.15) is 38.8 Å². The molecular formula is C18H22. The average molecular weight is 238 g/mol. The predicted octanol–water partition coefficient (Wildman–Crippen LogP) is 5.17. The Kier molecular flexibility index (Phi) is 3.56. The van der Waals surface area contributed by atoms with Gasteiger partial charge in [0.05, 0.1) is 0 Å². The highest BCUT2D eigenvalue weighted by Gasteiger charge is 2.21. The van der Waals surface area contributed by atoms with Crippen LogP contribution in [0.2, 0.25) is 0 Å². The van der Waals surface area contributed by atoms with Gasteiger partial charge < -0.3 is 0 Å². The van der Waals surface area contributed by atoms with Crippen LogP contribution in [0, 0.1) is 5.41 Å². The van der Waals surface area contributed by atoms with Crippen molar-refractivity contribution < 1.29 is 0 Å². The first-order chi connectivity index (χ1) is 8.66. The Balaban J connectivity index is 0.000000574. The average Bonchev–Trinajstić information content (AvgIpc) is 2.67. The first kappa shape index (κ1) is 12.9. The lowest BCUT2D eigenvalue weighted by Gasteiger charge is -2.13. The van der Waals surface area contributed by atoms with Crippen LogP contribution in [0.4, 0.5) is 0 Å². The molecule has 0 radical (unpaired) electrons.